The van der Waals surface area contributed by atoms with Crippen molar-refractivity contribution < 1.29 is 9.59 Å². The van der Waals surface area contributed by atoms with Crippen LogP contribution in [0.25, 0.3) is 11.0 Å². The zero-order valence-electron chi connectivity index (χ0n) is 14.8. The van der Waals surface area contributed by atoms with Crippen LogP contribution in [0.5, 0.6) is 0 Å². The van der Waals surface area contributed by atoms with Crippen molar-refractivity contribution >= 4 is 45.6 Å². The molecule has 0 saturated heterocycles. The van der Waals surface area contributed by atoms with E-state index in [1.165, 1.54) is 13.3 Å². The third-order valence-corrected chi connectivity index (χ3v) is 5.92. The Morgan fingerprint density at radius 2 is 2.04 bits per heavy atom. The molecule has 2 heterocycles. The number of carbonyl (C=O) groups is 2. The van der Waals surface area contributed by atoms with E-state index < -0.39 is 0 Å². The fourth-order valence-corrected chi connectivity index (χ4v) is 4.59. The van der Waals surface area contributed by atoms with Gasteiger partial charge < -0.3 is 0 Å². The molecule has 0 bridgehead atoms. The Morgan fingerprint density at radius 3 is 2.73 bits per heavy atom. The van der Waals surface area contributed by atoms with Gasteiger partial charge in [0.15, 0.2) is 11.0 Å². The molecule has 2 aromatic rings. The lowest BCUT2D eigenvalue weighted by molar-refractivity contribution is -0.114. The highest BCUT2D eigenvalue weighted by Crippen LogP contribution is 2.30. The number of imidazole rings is 1. The van der Waals surface area contributed by atoms with Gasteiger partial charge in [0.25, 0.3) is 0 Å². The predicted molar refractivity (Wildman–Crippen MR) is 105 cm³/mol. The number of fused-ring (bicyclic) bond motifs is 1. The fourth-order valence-electron chi connectivity index (χ4n) is 3.73. The molecule has 0 unspecified atom stereocenters. The van der Waals surface area contributed by atoms with Crippen LogP contribution in [-0.2, 0) is 4.79 Å². The highest BCUT2D eigenvalue weighted by molar-refractivity contribution is 8.14. The SMILES string of the molecule is CC(=O)Nc1nc2cc(C(=O)C3CCCCC3)ccc2n1C1=NCCS1. The van der Waals surface area contributed by atoms with Gasteiger partial charge in [0, 0.05) is 24.2 Å². The second kappa shape index (κ2) is 7.23. The lowest BCUT2D eigenvalue weighted by Gasteiger charge is -2.20. The largest absolute Gasteiger partial charge is 0.296 e. The molecule has 0 radical (unpaired) electrons. The summed E-state index contributed by atoms with van der Waals surface area (Å²) in [5.74, 6) is 1.56. The van der Waals surface area contributed by atoms with Gasteiger partial charge in [0.1, 0.15) is 0 Å². The quantitative estimate of drug-likeness (QED) is 0.836. The van der Waals surface area contributed by atoms with Crippen molar-refractivity contribution in [3.63, 3.8) is 0 Å². The summed E-state index contributed by atoms with van der Waals surface area (Å²) in [6.45, 7) is 2.22. The number of aromatic nitrogens is 2. The molecule has 0 atom stereocenters. The van der Waals surface area contributed by atoms with E-state index in [0.29, 0.717) is 17.0 Å². The van der Waals surface area contributed by atoms with Crippen LogP contribution in [0.2, 0.25) is 0 Å². The summed E-state index contributed by atoms with van der Waals surface area (Å²) in [6.07, 6.45) is 5.47. The lowest BCUT2D eigenvalue weighted by Crippen LogP contribution is -2.17. The Bertz CT molecular complexity index is 896. The molecule has 1 aliphatic carbocycles. The lowest BCUT2D eigenvalue weighted by atomic mass is 9.84. The minimum Gasteiger partial charge on any atom is -0.296 e. The van der Waals surface area contributed by atoms with Crippen LogP contribution in [0, 0.1) is 5.92 Å². The first-order chi connectivity index (χ1) is 12.6. The number of hydrogen-bond acceptors (Lipinski definition) is 5. The summed E-state index contributed by atoms with van der Waals surface area (Å²) in [6, 6.07) is 5.66. The van der Waals surface area contributed by atoms with E-state index in [2.05, 4.69) is 15.3 Å². The zero-order chi connectivity index (χ0) is 18.1. The van der Waals surface area contributed by atoms with E-state index in [4.69, 9.17) is 0 Å². The van der Waals surface area contributed by atoms with E-state index in [-0.39, 0.29) is 17.6 Å². The molecule has 1 saturated carbocycles. The van der Waals surface area contributed by atoms with Gasteiger partial charge in [-0.2, -0.15) is 0 Å². The van der Waals surface area contributed by atoms with Gasteiger partial charge in [0.2, 0.25) is 11.9 Å². The van der Waals surface area contributed by atoms with Crippen molar-refractivity contribution in [3.05, 3.63) is 23.8 Å². The molecular weight excluding hydrogens is 348 g/mol. The Kier molecular flexibility index (Phi) is 4.80. The first-order valence-corrected chi connectivity index (χ1v) is 10.1. The minimum absolute atomic E-state index is 0.132. The number of aliphatic imine (C=N–C) groups is 1. The maximum absolute atomic E-state index is 12.8. The van der Waals surface area contributed by atoms with Crippen LogP contribution in [0.1, 0.15) is 49.4 Å². The van der Waals surface area contributed by atoms with E-state index >= 15 is 0 Å². The third-order valence-electron chi connectivity index (χ3n) is 4.96. The number of carbonyl (C=O) groups excluding carboxylic acids is 2. The predicted octanol–water partition coefficient (Wildman–Crippen LogP) is 3.71. The number of thioether (sulfide) groups is 1. The number of nitrogens with zero attached hydrogens (tertiary/aromatic N) is 3. The van der Waals surface area contributed by atoms with Crippen LogP contribution < -0.4 is 5.32 Å². The Balaban J connectivity index is 1.74. The Hall–Kier alpha value is -2.15. The topological polar surface area (TPSA) is 76.3 Å². The average Bonchev–Trinajstić information content (AvgIpc) is 3.27. The van der Waals surface area contributed by atoms with Crippen LogP contribution in [-0.4, -0.2) is 38.7 Å². The molecule has 136 valence electrons. The summed E-state index contributed by atoms with van der Waals surface area (Å²) in [4.78, 5) is 33.5. The summed E-state index contributed by atoms with van der Waals surface area (Å²) in [5, 5.41) is 3.62. The molecular formula is C19H22N4O2S. The molecule has 4 rings (SSSR count). The number of Topliss-reactive ketones (excluding diaryl/α,β-unsaturated/α-hetero) is 1. The Morgan fingerprint density at radius 1 is 1.23 bits per heavy atom. The number of amides is 1. The number of ketones is 1. The fraction of sp³-hybridized carbons (Fsp3) is 0.474. The highest BCUT2D eigenvalue weighted by atomic mass is 32.2. The number of rotatable bonds is 3. The summed E-state index contributed by atoms with van der Waals surface area (Å²) < 4.78 is 1.88. The van der Waals surface area contributed by atoms with Crippen LogP contribution in [0.15, 0.2) is 23.2 Å². The average molecular weight is 370 g/mol. The smallest absolute Gasteiger partial charge is 0.223 e. The van der Waals surface area contributed by atoms with E-state index in [1.54, 1.807) is 11.8 Å². The molecule has 26 heavy (non-hydrogen) atoms. The van der Waals surface area contributed by atoms with Gasteiger partial charge in [-0.25, -0.2) is 4.98 Å². The Labute approximate surface area is 156 Å². The molecule has 2 aliphatic rings. The summed E-state index contributed by atoms with van der Waals surface area (Å²) in [7, 11) is 0. The minimum atomic E-state index is -0.177. The second-order valence-electron chi connectivity index (χ2n) is 6.87. The number of hydrogen-bond donors (Lipinski definition) is 1. The normalized spacial score (nSPS) is 18.1. The van der Waals surface area contributed by atoms with Crippen LogP contribution in [0.3, 0.4) is 0 Å². The van der Waals surface area contributed by atoms with E-state index in [9.17, 15) is 9.59 Å². The number of anilines is 1. The molecule has 0 spiro atoms. The maximum Gasteiger partial charge on any atom is 0.223 e. The highest BCUT2D eigenvalue weighted by Gasteiger charge is 2.24. The molecule has 1 fully saturated rings. The zero-order valence-corrected chi connectivity index (χ0v) is 15.6. The first kappa shape index (κ1) is 17.3. The molecule has 6 nitrogen and oxygen atoms in total. The van der Waals surface area contributed by atoms with Gasteiger partial charge in [-0.15, -0.1) is 0 Å². The molecule has 1 aliphatic heterocycles. The molecule has 1 N–H and O–H groups in total. The van der Waals surface area contributed by atoms with Crippen molar-refractivity contribution in [2.75, 3.05) is 17.6 Å². The molecule has 1 aromatic heterocycles. The molecule has 7 heteroatoms. The van der Waals surface area contributed by atoms with Crippen molar-refractivity contribution in [3.8, 4) is 0 Å². The van der Waals surface area contributed by atoms with Gasteiger partial charge in [0.05, 0.1) is 17.6 Å². The summed E-state index contributed by atoms with van der Waals surface area (Å²) in [5.41, 5.74) is 2.29. The van der Waals surface area contributed by atoms with E-state index in [0.717, 1.165) is 48.7 Å². The third kappa shape index (κ3) is 3.28. The first-order valence-electron chi connectivity index (χ1n) is 9.15. The number of benzene rings is 1. The van der Waals surface area contributed by atoms with Gasteiger partial charge in [-0.3, -0.25) is 24.5 Å². The van der Waals surface area contributed by atoms with Crippen LogP contribution in [0.4, 0.5) is 5.95 Å². The number of nitrogens with one attached hydrogen (secondary N) is 1. The van der Waals surface area contributed by atoms with Gasteiger partial charge >= 0.3 is 0 Å². The summed E-state index contributed by atoms with van der Waals surface area (Å²) >= 11 is 1.64. The molecule has 1 aromatic carbocycles. The second-order valence-corrected chi connectivity index (χ2v) is 7.93. The molecule has 1 amide bonds. The van der Waals surface area contributed by atoms with Crippen molar-refractivity contribution in [1.29, 1.82) is 0 Å². The van der Waals surface area contributed by atoms with Crippen molar-refractivity contribution in [1.82, 2.24) is 9.55 Å². The van der Waals surface area contributed by atoms with Crippen molar-refractivity contribution in [2.24, 2.45) is 10.9 Å². The standard InChI is InChI=1S/C19H22N4O2S/c1-12(24)21-18-22-15-11-14(17(25)13-5-3-2-4-6-13)7-8-16(15)23(18)19-20-9-10-26-19/h7-8,11,13H,2-6,9-10H2,1H3,(H,21,22,24). The maximum atomic E-state index is 12.8. The monoisotopic (exact) mass is 370 g/mol. The van der Waals surface area contributed by atoms with Crippen LogP contribution >= 0.6 is 11.8 Å². The van der Waals surface area contributed by atoms with Gasteiger partial charge in [-0.05, 0) is 31.0 Å². The van der Waals surface area contributed by atoms with E-state index in [1.807, 2.05) is 22.8 Å². The van der Waals surface area contributed by atoms with Gasteiger partial charge in [-0.1, -0.05) is 31.0 Å². The van der Waals surface area contributed by atoms with Crippen molar-refractivity contribution in [2.45, 2.75) is 39.0 Å².